The molecule has 0 atom stereocenters. The second-order valence-electron chi connectivity index (χ2n) is 6.90. The van der Waals surface area contributed by atoms with Gasteiger partial charge in [0.2, 0.25) is 0 Å². The van der Waals surface area contributed by atoms with Gasteiger partial charge < -0.3 is 19.5 Å². The van der Waals surface area contributed by atoms with Crippen LogP contribution in [0, 0.1) is 0 Å². The quantitative estimate of drug-likeness (QED) is 0.353. The molecule has 0 aliphatic rings. The second-order valence-corrected chi connectivity index (χ2v) is 7.82. The molecule has 0 heterocycles. The molecule has 3 rings (SSSR count). The number of halogens is 1. The number of carbonyl (C=O) groups excluding carboxylic acids is 1. The van der Waals surface area contributed by atoms with Gasteiger partial charge in [-0.1, -0.05) is 52.3 Å². The molecule has 3 aromatic carbocycles. The number of hydrogen-bond acceptors (Lipinski definition) is 4. The largest absolute Gasteiger partial charge is 0.494 e. The van der Waals surface area contributed by atoms with Crippen LogP contribution in [0.4, 0.5) is 5.69 Å². The molecule has 0 aliphatic carbocycles. The average molecular weight is 484 g/mol. The van der Waals surface area contributed by atoms with Crippen molar-refractivity contribution in [3.05, 3.63) is 88.4 Å². The van der Waals surface area contributed by atoms with Crippen LogP contribution in [-0.2, 0) is 11.2 Å². The first kappa shape index (κ1) is 22.8. The smallest absolute Gasteiger partial charge is 0.259 e. The highest BCUT2D eigenvalue weighted by Crippen LogP contribution is 2.25. The molecular formula is C25H26BrNO4. The Labute approximate surface area is 191 Å². The van der Waals surface area contributed by atoms with Gasteiger partial charge >= 0.3 is 0 Å². The zero-order valence-corrected chi connectivity index (χ0v) is 19.1. The lowest BCUT2D eigenvalue weighted by Gasteiger charge is -2.13. The number of aryl methyl sites for hydroxylation is 1. The highest BCUT2D eigenvalue weighted by Gasteiger charge is 2.14. The molecule has 5 nitrogen and oxygen atoms in total. The van der Waals surface area contributed by atoms with E-state index >= 15 is 0 Å². The standard InChI is InChI=1S/C25H26BrNO4/c1-29-15-16-31-24-13-12-20(26)17-23(24)25(28)27-21-10-5-11-22(18-21)30-14-6-9-19-7-3-2-4-8-19/h2-5,7-8,10-13,17-18H,6,9,14-16H2,1H3,(H,27,28). The molecule has 0 saturated heterocycles. The number of carbonyl (C=O) groups is 1. The van der Waals surface area contributed by atoms with Gasteiger partial charge in [0.1, 0.15) is 18.1 Å². The molecule has 0 aromatic heterocycles. The molecule has 1 amide bonds. The minimum absolute atomic E-state index is 0.255. The Morgan fingerprint density at radius 3 is 2.55 bits per heavy atom. The summed E-state index contributed by atoms with van der Waals surface area (Å²) in [6.07, 6.45) is 1.88. The molecule has 6 heteroatoms. The van der Waals surface area contributed by atoms with Crippen molar-refractivity contribution in [2.75, 3.05) is 32.2 Å². The zero-order chi connectivity index (χ0) is 21.9. The van der Waals surface area contributed by atoms with Gasteiger partial charge in [-0.3, -0.25) is 4.79 Å². The number of benzene rings is 3. The average Bonchev–Trinajstić information content (AvgIpc) is 2.79. The van der Waals surface area contributed by atoms with Crippen LogP contribution in [0.3, 0.4) is 0 Å². The van der Waals surface area contributed by atoms with E-state index in [-0.39, 0.29) is 5.91 Å². The number of nitrogens with one attached hydrogen (secondary N) is 1. The third-order valence-electron chi connectivity index (χ3n) is 4.54. The van der Waals surface area contributed by atoms with E-state index in [0.717, 1.165) is 23.1 Å². The Kier molecular flexibility index (Phi) is 8.94. The van der Waals surface area contributed by atoms with Gasteiger partial charge in [0, 0.05) is 23.3 Å². The number of methoxy groups -OCH3 is 1. The fraction of sp³-hybridized carbons (Fsp3) is 0.240. The molecule has 3 aromatic rings. The summed E-state index contributed by atoms with van der Waals surface area (Å²) in [6.45, 7) is 1.42. The summed E-state index contributed by atoms with van der Waals surface area (Å²) in [4.78, 5) is 12.9. The van der Waals surface area contributed by atoms with Gasteiger partial charge in [0.15, 0.2) is 0 Å². The number of amides is 1. The van der Waals surface area contributed by atoms with E-state index in [1.54, 1.807) is 19.2 Å². The summed E-state index contributed by atoms with van der Waals surface area (Å²) in [5.41, 5.74) is 2.40. The van der Waals surface area contributed by atoms with Crippen molar-refractivity contribution in [1.29, 1.82) is 0 Å². The van der Waals surface area contributed by atoms with Gasteiger partial charge in [-0.15, -0.1) is 0 Å². The van der Waals surface area contributed by atoms with Crippen LogP contribution >= 0.6 is 15.9 Å². The van der Waals surface area contributed by atoms with Gasteiger partial charge in [-0.25, -0.2) is 0 Å². The fourth-order valence-corrected chi connectivity index (χ4v) is 3.37. The van der Waals surface area contributed by atoms with E-state index in [4.69, 9.17) is 14.2 Å². The summed E-state index contributed by atoms with van der Waals surface area (Å²) in [5, 5.41) is 2.92. The first-order valence-corrected chi connectivity index (χ1v) is 10.9. The summed E-state index contributed by atoms with van der Waals surface area (Å²) < 4.78 is 17.4. The van der Waals surface area contributed by atoms with Crippen LogP contribution in [0.25, 0.3) is 0 Å². The van der Waals surface area contributed by atoms with E-state index in [0.29, 0.717) is 36.8 Å². The van der Waals surface area contributed by atoms with Crippen molar-refractivity contribution in [3.8, 4) is 11.5 Å². The summed E-state index contributed by atoms with van der Waals surface area (Å²) in [7, 11) is 1.61. The third-order valence-corrected chi connectivity index (χ3v) is 5.04. The number of anilines is 1. The lowest BCUT2D eigenvalue weighted by Crippen LogP contribution is -2.15. The summed E-state index contributed by atoms with van der Waals surface area (Å²) >= 11 is 3.42. The van der Waals surface area contributed by atoms with E-state index in [9.17, 15) is 4.79 Å². The van der Waals surface area contributed by atoms with Crippen LogP contribution in [-0.4, -0.2) is 32.8 Å². The minimum atomic E-state index is -0.255. The summed E-state index contributed by atoms with van der Waals surface area (Å²) in [6, 6.07) is 23.1. The van der Waals surface area contributed by atoms with Crippen molar-refractivity contribution in [3.63, 3.8) is 0 Å². The van der Waals surface area contributed by atoms with Crippen molar-refractivity contribution < 1.29 is 19.0 Å². The van der Waals surface area contributed by atoms with Crippen LogP contribution in [0.1, 0.15) is 22.3 Å². The predicted octanol–water partition coefficient (Wildman–Crippen LogP) is 5.74. The molecule has 162 valence electrons. The lowest BCUT2D eigenvalue weighted by atomic mass is 10.1. The van der Waals surface area contributed by atoms with Crippen molar-refractivity contribution in [1.82, 2.24) is 0 Å². The van der Waals surface area contributed by atoms with Gasteiger partial charge in [0.25, 0.3) is 5.91 Å². The number of hydrogen-bond donors (Lipinski definition) is 1. The first-order chi connectivity index (χ1) is 15.2. The molecule has 31 heavy (non-hydrogen) atoms. The Balaban J connectivity index is 1.57. The van der Waals surface area contributed by atoms with Crippen molar-refractivity contribution in [2.24, 2.45) is 0 Å². The van der Waals surface area contributed by atoms with E-state index in [2.05, 4.69) is 33.4 Å². The predicted molar refractivity (Wildman–Crippen MR) is 126 cm³/mol. The van der Waals surface area contributed by atoms with Crippen molar-refractivity contribution in [2.45, 2.75) is 12.8 Å². The van der Waals surface area contributed by atoms with Gasteiger partial charge in [-0.2, -0.15) is 0 Å². The van der Waals surface area contributed by atoms with Crippen LogP contribution in [0.5, 0.6) is 11.5 Å². The highest BCUT2D eigenvalue weighted by atomic mass is 79.9. The minimum Gasteiger partial charge on any atom is -0.494 e. The molecule has 1 N–H and O–H groups in total. The van der Waals surface area contributed by atoms with E-state index in [1.807, 2.05) is 48.5 Å². The van der Waals surface area contributed by atoms with E-state index in [1.165, 1.54) is 5.56 Å². The SMILES string of the molecule is COCCOc1ccc(Br)cc1C(=O)Nc1cccc(OCCCc2ccccc2)c1. The molecule has 0 radical (unpaired) electrons. The second kappa shape index (κ2) is 12.1. The molecule has 0 spiro atoms. The molecule has 0 aliphatic heterocycles. The first-order valence-electron chi connectivity index (χ1n) is 10.1. The molecular weight excluding hydrogens is 458 g/mol. The fourth-order valence-electron chi connectivity index (χ4n) is 3.01. The topological polar surface area (TPSA) is 56.8 Å². The summed E-state index contributed by atoms with van der Waals surface area (Å²) in [5.74, 6) is 0.970. The van der Waals surface area contributed by atoms with Crippen LogP contribution in [0.2, 0.25) is 0 Å². The van der Waals surface area contributed by atoms with Crippen LogP contribution in [0.15, 0.2) is 77.3 Å². The Morgan fingerprint density at radius 1 is 0.903 bits per heavy atom. The third kappa shape index (κ3) is 7.42. The monoisotopic (exact) mass is 483 g/mol. The lowest BCUT2D eigenvalue weighted by molar-refractivity contribution is 0.101. The van der Waals surface area contributed by atoms with Gasteiger partial charge in [-0.05, 0) is 48.7 Å². The highest BCUT2D eigenvalue weighted by molar-refractivity contribution is 9.10. The zero-order valence-electron chi connectivity index (χ0n) is 17.5. The maximum atomic E-state index is 12.9. The van der Waals surface area contributed by atoms with Crippen molar-refractivity contribution >= 4 is 27.5 Å². The normalized spacial score (nSPS) is 10.5. The van der Waals surface area contributed by atoms with Crippen LogP contribution < -0.4 is 14.8 Å². The Hall–Kier alpha value is -2.83. The van der Waals surface area contributed by atoms with Gasteiger partial charge in [0.05, 0.1) is 18.8 Å². The molecule has 0 saturated carbocycles. The molecule has 0 fully saturated rings. The molecule has 0 bridgehead atoms. The maximum Gasteiger partial charge on any atom is 0.259 e. The number of ether oxygens (including phenoxy) is 3. The van der Waals surface area contributed by atoms with E-state index < -0.39 is 0 Å². The molecule has 0 unspecified atom stereocenters. The Morgan fingerprint density at radius 2 is 1.74 bits per heavy atom. The maximum absolute atomic E-state index is 12.9. The Bertz CT molecular complexity index is 978. The number of rotatable bonds is 11.